The van der Waals surface area contributed by atoms with Crippen molar-refractivity contribution in [3.63, 3.8) is 0 Å². The van der Waals surface area contributed by atoms with E-state index in [1.807, 2.05) is 0 Å². The first-order valence-electron chi connectivity index (χ1n) is 5.45. The molecule has 2 aliphatic carbocycles. The largest absolute Gasteiger partial charge is 0.461 e. The molecule has 0 aliphatic heterocycles. The molecule has 2 bridgehead atoms. The predicted molar refractivity (Wildman–Crippen MR) is 62.1 cm³/mol. The number of hydrogen-bond donors (Lipinski definition) is 0. The molecule has 1 nitrogen and oxygen atoms in total. The van der Waals surface area contributed by atoms with Crippen LogP contribution in [-0.2, 0) is 4.12 Å². The third-order valence-corrected chi connectivity index (χ3v) is 10.3. The Kier molecular flexibility index (Phi) is 2.51. The Hall–Kier alpha value is 0.134. The smallest absolute Gasteiger partial charge is 0.176 e. The van der Waals surface area contributed by atoms with Crippen LogP contribution in [0.5, 0.6) is 0 Å². The summed E-state index contributed by atoms with van der Waals surface area (Å²) >= 11 is 0. The Balaban J connectivity index is 2.05. The van der Waals surface area contributed by atoms with Crippen molar-refractivity contribution in [3.8, 4) is 0 Å². The molecule has 3 unspecified atom stereocenters. The summed E-state index contributed by atoms with van der Waals surface area (Å²) in [5, 5.41) is 0. The van der Waals surface area contributed by atoms with Crippen molar-refractivity contribution in [2.75, 3.05) is 0 Å². The highest BCUT2D eigenvalue weighted by molar-refractivity contribution is 6.76. The van der Waals surface area contributed by atoms with Crippen LogP contribution in [0.2, 0.25) is 25.2 Å². The second-order valence-electron chi connectivity index (χ2n) is 4.92. The summed E-state index contributed by atoms with van der Waals surface area (Å²) in [5.74, 6) is 1.79. The Morgan fingerprint density at radius 3 is 2.54 bits per heavy atom. The van der Waals surface area contributed by atoms with Gasteiger partial charge in [-0.1, -0.05) is 18.7 Å². The van der Waals surface area contributed by atoms with Gasteiger partial charge in [0, 0.05) is 0 Å². The minimum Gasteiger partial charge on any atom is -0.461 e. The summed E-state index contributed by atoms with van der Waals surface area (Å²) in [6.07, 6.45) is 7.73. The average Bonchev–Trinajstić information content (AvgIpc) is 2.63. The van der Waals surface area contributed by atoms with Gasteiger partial charge in [-0.3, -0.25) is 0 Å². The van der Waals surface area contributed by atoms with Crippen molar-refractivity contribution in [2.45, 2.75) is 38.0 Å². The van der Waals surface area contributed by atoms with Gasteiger partial charge in [0.15, 0.2) is 8.32 Å². The summed E-state index contributed by atoms with van der Waals surface area (Å²) in [7, 11) is -1.52. The van der Waals surface area contributed by atoms with Crippen molar-refractivity contribution in [1.82, 2.24) is 0 Å². The molecule has 0 heterocycles. The first-order valence-corrected chi connectivity index (χ1v) is 10.4. The minimum absolute atomic E-state index is 0.202. The van der Waals surface area contributed by atoms with E-state index in [2.05, 4.69) is 31.8 Å². The van der Waals surface area contributed by atoms with Gasteiger partial charge >= 0.3 is 0 Å². The summed E-state index contributed by atoms with van der Waals surface area (Å²) in [6, 6.07) is 0. The van der Waals surface area contributed by atoms with Crippen LogP contribution in [0.1, 0.15) is 12.8 Å². The minimum atomic E-state index is -1.31. The summed E-state index contributed by atoms with van der Waals surface area (Å²) < 4.78 is 6.11. The van der Waals surface area contributed by atoms with Crippen molar-refractivity contribution >= 4 is 18.1 Å². The van der Waals surface area contributed by atoms with Crippen molar-refractivity contribution in [2.24, 2.45) is 11.8 Å². The number of allylic oxidation sites excluding steroid dienone is 2. The van der Waals surface area contributed by atoms with E-state index in [0.717, 1.165) is 17.4 Å². The van der Waals surface area contributed by atoms with E-state index < -0.39 is 8.32 Å². The van der Waals surface area contributed by atoms with Crippen LogP contribution in [0.25, 0.3) is 0 Å². The van der Waals surface area contributed by atoms with Gasteiger partial charge in [-0.05, 0) is 43.3 Å². The molecule has 0 radical (unpaired) electrons. The average molecular weight is 212 g/mol. The van der Waals surface area contributed by atoms with Crippen molar-refractivity contribution < 1.29 is 4.12 Å². The van der Waals surface area contributed by atoms with E-state index in [1.165, 1.54) is 12.8 Å². The van der Waals surface area contributed by atoms with Gasteiger partial charge < -0.3 is 4.12 Å². The van der Waals surface area contributed by atoms with Crippen molar-refractivity contribution in [3.05, 3.63) is 12.2 Å². The second-order valence-corrected chi connectivity index (χ2v) is 10.6. The molecule has 1 fully saturated rings. The third-order valence-electron chi connectivity index (χ3n) is 3.69. The van der Waals surface area contributed by atoms with E-state index in [1.54, 1.807) is 0 Å². The third kappa shape index (κ3) is 1.69. The fourth-order valence-electron chi connectivity index (χ4n) is 3.06. The molecule has 0 N–H and O–H groups in total. The predicted octanol–water partition coefficient (Wildman–Crippen LogP) is 2.31. The van der Waals surface area contributed by atoms with E-state index in [9.17, 15) is 0 Å². The fraction of sp³-hybridized carbons (Fsp3) is 0.800. The lowest BCUT2D eigenvalue weighted by Gasteiger charge is -2.33. The van der Waals surface area contributed by atoms with Crippen LogP contribution in [0.4, 0.5) is 0 Å². The number of rotatable bonds is 3. The van der Waals surface area contributed by atoms with E-state index in [0.29, 0.717) is 0 Å². The molecular formula is C10H20OSi2. The zero-order valence-corrected chi connectivity index (χ0v) is 11.3. The molecule has 2 aliphatic rings. The Labute approximate surface area is 84.6 Å². The fourth-order valence-corrected chi connectivity index (χ4v) is 9.04. The highest BCUT2D eigenvalue weighted by Gasteiger charge is 2.45. The molecule has 13 heavy (non-hydrogen) atoms. The lowest BCUT2D eigenvalue weighted by molar-refractivity contribution is 0.525. The Bertz CT molecular complexity index is 225. The van der Waals surface area contributed by atoms with Crippen molar-refractivity contribution in [1.29, 1.82) is 0 Å². The van der Waals surface area contributed by atoms with Gasteiger partial charge in [0.2, 0.25) is 0 Å². The molecule has 3 heteroatoms. The molecule has 3 atom stereocenters. The van der Waals surface area contributed by atoms with Gasteiger partial charge in [0.1, 0.15) is 9.76 Å². The maximum absolute atomic E-state index is 6.11. The monoisotopic (exact) mass is 212 g/mol. The van der Waals surface area contributed by atoms with Crippen LogP contribution in [-0.4, -0.2) is 18.1 Å². The first kappa shape index (κ1) is 9.68. The standard InChI is InChI=1S/C10H20OSi2/c1-12-11-13(2,3)10-7-8-4-5-9(10)6-8/h4-5,8-10H,6-7,12H2,1-3H3. The van der Waals surface area contributed by atoms with Gasteiger partial charge in [0.25, 0.3) is 0 Å². The second kappa shape index (κ2) is 3.37. The highest BCUT2D eigenvalue weighted by Crippen LogP contribution is 2.51. The van der Waals surface area contributed by atoms with Crippen LogP contribution in [0.3, 0.4) is 0 Å². The quantitative estimate of drug-likeness (QED) is 0.515. The number of hydrogen-bond acceptors (Lipinski definition) is 1. The maximum Gasteiger partial charge on any atom is 0.176 e. The van der Waals surface area contributed by atoms with Gasteiger partial charge in [-0.15, -0.1) is 0 Å². The highest BCUT2D eigenvalue weighted by atomic mass is 28.4. The zero-order chi connectivity index (χ0) is 9.47. The zero-order valence-electron chi connectivity index (χ0n) is 8.92. The lowest BCUT2D eigenvalue weighted by Crippen LogP contribution is -2.39. The molecule has 0 amide bonds. The van der Waals surface area contributed by atoms with E-state index >= 15 is 0 Å². The molecule has 1 saturated carbocycles. The molecular weight excluding hydrogens is 192 g/mol. The Morgan fingerprint density at radius 1 is 1.31 bits per heavy atom. The van der Waals surface area contributed by atoms with Crippen LogP contribution < -0.4 is 0 Å². The molecule has 0 saturated heterocycles. The van der Waals surface area contributed by atoms with Crippen LogP contribution in [0.15, 0.2) is 12.2 Å². The van der Waals surface area contributed by atoms with Crippen LogP contribution >= 0.6 is 0 Å². The summed E-state index contributed by atoms with van der Waals surface area (Å²) in [6.45, 7) is 7.10. The molecule has 0 aromatic carbocycles. The van der Waals surface area contributed by atoms with Gasteiger partial charge in [-0.25, -0.2) is 0 Å². The van der Waals surface area contributed by atoms with Gasteiger partial charge in [0.05, 0.1) is 0 Å². The lowest BCUT2D eigenvalue weighted by atomic mass is 10.1. The maximum atomic E-state index is 6.11. The molecule has 74 valence electrons. The van der Waals surface area contributed by atoms with Gasteiger partial charge in [-0.2, -0.15) is 0 Å². The first-order chi connectivity index (χ1) is 6.13. The number of fused-ring (bicyclic) bond motifs is 2. The molecule has 0 aromatic rings. The SMILES string of the molecule is C[SiH2]O[Si](C)(C)C1CC2C=CC1C2. The van der Waals surface area contributed by atoms with E-state index in [4.69, 9.17) is 4.12 Å². The topological polar surface area (TPSA) is 9.23 Å². The van der Waals surface area contributed by atoms with Crippen LogP contribution in [0, 0.1) is 11.8 Å². The van der Waals surface area contributed by atoms with E-state index in [-0.39, 0.29) is 9.76 Å². The Morgan fingerprint density at radius 2 is 2.08 bits per heavy atom. The molecule has 0 spiro atoms. The normalized spacial score (nSPS) is 38.2. The molecule has 0 aromatic heterocycles. The molecule has 2 rings (SSSR count). The summed E-state index contributed by atoms with van der Waals surface area (Å²) in [5.41, 5.74) is 0.926. The summed E-state index contributed by atoms with van der Waals surface area (Å²) in [4.78, 5) is 0.